The standard InChI is InChI=1S/C10H10BN/c1-3-8-9(7(2)11)5-4-6-10(8)12/h3-6H,1-2,12H2. The molecule has 0 aliphatic heterocycles. The van der Waals surface area contributed by atoms with Gasteiger partial charge in [0.15, 0.2) is 0 Å². The van der Waals surface area contributed by atoms with Gasteiger partial charge in [0.25, 0.3) is 0 Å². The molecule has 2 N–H and O–H groups in total. The highest BCUT2D eigenvalue weighted by atomic mass is 14.6. The molecule has 0 aliphatic rings. The molecule has 1 aromatic rings. The molecular formula is C10H10BN. The van der Waals surface area contributed by atoms with Gasteiger partial charge in [0.2, 0.25) is 0 Å². The Hall–Kier alpha value is -1.44. The summed E-state index contributed by atoms with van der Waals surface area (Å²) < 4.78 is 0. The third kappa shape index (κ3) is 1.42. The van der Waals surface area contributed by atoms with Gasteiger partial charge in [0.1, 0.15) is 7.85 Å². The van der Waals surface area contributed by atoms with Gasteiger partial charge in [0, 0.05) is 11.3 Å². The molecule has 12 heavy (non-hydrogen) atoms. The van der Waals surface area contributed by atoms with Gasteiger partial charge < -0.3 is 5.73 Å². The monoisotopic (exact) mass is 155 g/mol. The predicted molar refractivity (Wildman–Crippen MR) is 55.7 cm³/mol. The van der Waals surface area contributed by atoms with Crippen molar-refractivity contribution in [2.24, 2.45) is 0 Å². The number of hydrogen-bond acceptors (Lipinski definition) is 1. The van der Waals surface area contributed by atoms with Crippen LogP contribution in [0.5, 0.6) is 0 Å². The number of hydrogen-bond donors (Lipinski definition) is 1. The van der Waals surface area contributed by atoms with Crippen molar-refractivity contribution in [2.45, 2.75) is 0 Å². The average Bonchev–Trinajstić information content (AvgIpc) is 2.03. The van der Waals surface area contributed by atoms with E-state index in [0.29, 0.717) is 11.2 Å². The second-order valence-corrected chi connectivity index (χ2v) is 2.54. The number of nitrogens with two attached hydrogens (primary N) is 1. The van der Waals surface area contributed by atoms with E-state index in [2.05, 4.69) is 13.2 Å². The van der Waals surface area contributed by atoms with Crippen LogP contribution in [0.25, 0.3) is 11.5 Å². The predicted octanol–water partition coefficient (Wildman–Crippen LogP) is 2.05. The molecule has 0 fully saturated rings. The molecule has 1 aromatic carbocycles. The van der Waals surface area contributed by atoms with E-state index in [1.54, 1.807) is 6.08 Å². The molecule has 0 atom stereocenters. The molecule has 0 heterocycles. The molecule has 2 radical (unpaired) electrons. The molecule has 1 nitrogen and oxygen atoms in total. The van der Waals surface area contributed by atoms with Gasteiger partial charge in [0.05, 0.1) is 0 Å². The lowest BCUT2D eigenvalue weighted by Gasteiger charge is -2.07. The molecule has 0 saturated carbocycles. The van der Waals surface area contributed by atoms with Crippen LogP contribution in [-0.4, -0.2) is 7.85 Å². The first-order valence-electron chi connectivity index (χ1n) is 3.62. The smallest absolute Gasteiger partial charge is 0.113 e. The van der Waals surface area contributed by atoms with Crippen LogP contribution in [0.15, 0.2) is 31.4 Å². The van der Waals surface area contributed by atoms with Gasteiger partial charge in [-0.25, -0.2) is 0 Å². The van der Waals surface area contributed by atoms with Crippen molar-refractivity contribution in [3.05, 3.63) is 42.5 Å². The van der Waals surface area contributed by atoms with E-state index in [-0.39, 0.29) is 0 Å². The van der Waals surface area contributed by atoms with Crippen LogP contribution in [0.4, 0.5) is 5.69 Å². The summed E-state index contributed by atoms with van der Waals surface area (Å²) >= 11 is 0. The highest BCUT2D eigenvalue weighted by Gasteiger charge is 2.01. The fourth-order valence-corrected chi connectivity index (χ4v) is 1.09. The van der Waals surface area contributed by atoms with Crippen LogP contribution in [0.2, 0.25) is 0 Å². The summed E-state index contributed by atoms with van der Waals surface area (Å²) in [6.45, 7) is 7.31. The highest BCUT2D eigenvalue weighted by molar-refractivity contribution is 6.42. The molecular weight excluding hydrogens is 145 g/mol. The Morgan fingerprint density at radius 2 is 2.17 bits per heavy atom. The summed E-state index contributed by atoms with van der Waals surface area (Å²) in [6, 6.07) is 5.52. The summed E-state index contributed by atoms with van der Waals surface area (Å²) in [4.78, 5) is 0. The zero-order valence-electron chi connectivity index (χ0n) is 6.88. The second kappa shape index (κ2) is 3.31. The lowest BCUT2D eigenvalue weighted by Crippen LogP contribution is -1.94. The number of anilines is 1. The van der Waals surface area contributed by atoms with Crippen molar-refractivity contribution in [1.82, 2.24) is 0 Å². The summed E-state index contributed by atoms with van der Waals surface area (Å²) in [5, 5.41) is 0. The topological polar surface area (TPSA) is 26.0 Å². The summed E-state index contributed by atoms with van der Waals surface area (Å²) in [6.07, 6.45) is 1.68. The van der Waals surface area contributed by atoms with E-state index < -0.39 is 0 Å². The lowest BCUT2D eigenvalue weighted by molar-refractivity contribution is 1.60. The van der Waals surface area contributed by atoms with E-state index in [4.69, 9.17) is 13.6 Å². The van der Waals surface area contributed by atoms with Crippen molar-refractivity contribution in [3.8, 4) is 0 Å². The lowest BCUT2D eigenvalue weighted by atomic mass is 9.86. The molecule has 2 heteroatoms. The van der Waals surface area contributed by atoms with Crippen LogP contribution in [-0.2, 0) is 0 Å². The van der Waals surface area contributed by atoms with Crippen LogP contribution >= 0.6 is 0 Å². The van der Waals surface area contributed by atoms with Gasteiger partial charge in [-0.1, -0.05) is 30.3 Å². The Morgan fingerprint density at radius 1 is 1.50 bits per heavy atom. The molecule has 58 valence electrons. The fourth-order valence-electron chi connectivity index (χ4n) is 1.09. The van der Waals surface area contributed by atoms with E-state index >= 15 is 0 Å². The third-order valence-electron chi connectivity index (χ3n) is 1.69. The molecule has 0 aromatic heterocycles. The molecule has 0 saturated heterocycles. The van der Waals surface area contributed by atoms with E-state index in [1.165, 1.54) is 0 Å². The SMILES string of the molecule is [B]C(=C)c1cccc(N)c1C=C. The quantitative estimate of drug-likeness (QED) is 0.513. The average molecular weight is 155 g/mol. The Bertz CT molecular complexity index is 329. The number of nitrogen functional groups attached to an aromatic ring is 1. The number of rotatable bonds is 2. The second-order valence-electron chi connectivity index (χ2n) is 2.54. The maximum Gasteiger partial charge on any atom is 0.113 e. The Labute approximate surface area is 74.0 Å². The van der Waals surface area contributed by atoms with Crippen LogP contribution in [0.1, 0.15) is 11.1 Å². The minimum absolute atomic E-state index is 0.511. The highest BCUT2D eigenvalue weighted by Crippen LogP contribution is 2.22. The first kappa shape index (κ1) is 8.66. The molecule has 0 unspecified atom stereocenters. The first-order valence-corrected chi connectivity index (χ1v) is 3.62. The van der Waals surface area contributed by atoms with Crippen molar-refractivity contribution >= 4 is 25.1 Å². The van der Waals surface area contributed by atoms with E-state index in [1.807, 2.05) is 18.2 Å². The summed E-state index contributed by atoms with van der Waals surface area (Å²) in [7, 11) is 5.56. The van der Waals surface area contributed by atoms with Gasteiger partial charge >= 0.3 is 0 Å². The molecule has 1 rings (SSSR count). The zero-order valence-corrected chi connectivity index (χ0v) is 6.88. The first-order chi connectivity index (χ1) is 5.66. The Balaban J connectivity index is 3.37. The number of benzene rings is 1. The van der Waals surface area contributed by atoms with Crippen LogP contribution < -0.4 is 5.73 Å². The van der Waals surface area contributed by atoms with Crippen LogP contribution in [0, 0.1) is 0 Å². The Morgan fingerprint density at radius 3 is 2.58 bits per heavy atom. The van der Waals surface area contributed by atoms with Crippen molar-refractivity contribution in [3.63, 3.8) is 0 Å². The molecule has 0 bridgehead atoms. The normalized spacial score (nSPS) is 9.33. The van der Waals surface area contributed by atoms with Crippen molar-refractivity contribution in [1.29, 1.82) is 0 Å². The summed E-state index contributed by atoms with van der Waals surface area (Å²) in [5.74, 6) is 0. The van der Waals surface area contributed by atoms with Gasteiger partial charge in [-0.15, -0.1) is 6.58 Å². The zero-order chi connectivity index (χ0) is 9.14. The third-order valence-corrected chi connectivity index (χ3v) is 1.69. The molecule has 0 spiro atoms. The van der Waals surface area contributed by atoms with Gasteiger partial charge in [-0.2, -0.15) is 0 Å². The largest absolute Gasteiger partial charge is 0.398 e. The maximum atomic E-state index is 5.70. The van der Waals surface area contributed by atoms with Crippen molar-refractivity contribution < 1.29 is 0 Å². The van der Waals surface area contributed by atoms with E-state index in [0.717, 1.165) is 11.1 Å². The Kier molecular flexibility index (Phi) is 2.39. The van der Waals surface area contributed by atoms with Gasteiger partial charge in [-0.05, 0) is 11.6 Å². The van der Waals surface area contributed by atoms with Gasteiger partial charge in [-0.3, -0.25) is 0 Å². The van der Waals surface area contributed by atoms with E-state index in [9.17, 15) is 0 Å². The maximum absolute atomic E-state index is 5.70. The van der Waals surface area contributed by atoms with Crippen LogP contribution in [0.3, 0.4) is 0 Å². The molecule has 0 aliphatic carbocycles. The minimum atomic E-state index is 0.511. The van der Waals surface area contributed by atoms with Crippen molar-refractivity contribution in [2.75, 3.05) is 5.73 Å². The minimum Gasteiger partial charge on any atom is -0.398 e. The molecule has 0 amide bonds. The summed E-state index contributed by atoms with van der Waals surface area (Å²) in [5.41, 5.74) is 8.59. The fraction of sp³-hybridized carbons (Fsp3) is 0.